The van der Waals surface area contributed by atoms with Crippen LogP contribution in [0.1, 0.15) is 25.8 Å². The fourth-order valence-electron chi connectivity index (χ4n) is 3.10. The zero-order valence-electron chi connectivity index (χ0n) is 15.8. The summed E-state index contributed by atoms with van der Waals surface area (Å²) in [6.07, 6.45) is 0.503. The first-order valence-corrected chi connectivity index (χ1v) is 12.0. The molecule has 152 valence electrons. The molecule has 0 bridgehead atoms. The molecule has 0 radical (unpaired) electrons. The van der Waals surface area contributed by atoms with Crippen LogP contribution in [0.2, 0.25) is 0 Å². The maximum absolute atomic E-state index is 13.0. The summed E-state index contributed by atoms with van der Waals surface area (Å²) in [6, 6.07) is 8.35. The van der Waals surface area contributed by atoms with Crippen LogP contribution >= 0.6 is 22.7 Å². The van der Waals surface area contributed by atoms with Crippen LogP contribution in [0.5, 0.6) is 5.75 Å². The Balaban J connectivity index is 1.53. The number of amides is 1. The van der Waals surface area contributed by atoms with Gasteiger partial charge in [-0.15, -0.1) is 22.7 Å². The van der Waals surface area contributed by atoms with Crippen LogP contribution < -0.4 is 10.1 Å². The van der Waals surface area contributed by atoms with Crippen molar-refractivity contribution >= 4 is 43.7 Å². The third-order valence-electron chi connectivity index (χ3n) is 4.66. The molecule has 29 heavy (non-hydrogen) atoms. The first-order chi connectivity index (χ1) is 13.9. The molecule has 1 aromatic carbocycles. The average molecular weight is 450 g/mol. The second-order valence-electron chi connectivity index (χ2n) is 6.54. The van der Waals surface area contributed by atoms with E-state index in [9.17, 15) is 13.2 Å². The van der Waals surface area contributed by atoms with Gasteiger partial charge >= 0.3 is 0 Å². The lowest BCUT2D eigenvalue weighted by Crippen LogP contribution is -2.35. The Kier molecular flexibility index (Phi) is 5.43. The Bertz CT molecular complexity index is 1170. The Morgan fingerprint density at radius 1 is 1.31 bits per heavy atom. The van der Waals surface area contributed by atoms with E-state index < -0.39 is 10.0 Å². The van der Waals surface area contributed by atoms with E-state index in [1.54, 1.807) is 18.2 Å². The largest absolute Gasteiger partial charge is 0.497 e. The molecule has 0 aliphatic carbocycles. The number of aromatic nitrogens is 1. The zero-order chi connectivity index (χ0) is 20.6. The number of aryl methyl sites for hydroxylation is 1. The van der Waals surface area contributed by atoms with Crippen molar-refractivity contribution in [3.63, 3.8) is 0 Å². The molecule has 2 aromatic heterocycles. The number of fused-ring (bicyclic) bond motifs is 1. The summed E-state index contributed by atoms with van der Waals surface area (Å²) < 4.78 is 32.6. The first kappa shape index (κ1) is 20.0. The predicted molar refractivity (Wildman–Crippen MR) is 113 cm³/mol. The molecule has 0 atom stereocenters. The quantitative estimate of drug-likeness (QED) is 0.644. The van der Waals surface area contributed by atoms with E-state index in [1.165, 1.54) is 40.2 Å². The van der Waals surface area contributed by atoms with Gasteiger partial charge in [0.1, 0.15) is 5.75 Å². The maximum atomic E-state index is 13.0. The monoisotopic (exact) mass is 449 g/mol. The van der Waals surface area contributed by atoms with Gasteiger partial charge in [-0.25, -0.2) is 13.4 Å². The Morgan fingerprint density at radius 3 is 2.86 bits per heavy atom. The van der Waals surface area contributed by atoms with Gasteiger partial charge in [0.2, 0.25) is 10.0 Å². The number of rotatable bonds is 5. The molecule has 7 nitrogen and oxygen atoms in total. The van der Waals surface area contributed by atoms with E-state index in [4.69, 9.17) is 4.74 Å². The lowest BCUT2D eigenvalue weighted by Gasteiger charge is -2.25. The second kappa shape index (κ2) is 7.86. The van der Waals surface area contributed by atoms with Crippen molar-refractivity contribution in [3.8, 4) is 5.75 Å². The lowest BCUT2D eigenvalue weighted by molar-refractivity contribution is 0.103. The Hall–Kier alpha value is -2.27. The van der Waals surface area contributed by atoms with Crippen LogP contribution in [0.3, 0.4) is 0 Å². The standard InChI is InChI=1S/C19H19N3O4S3/c1-12-7-9-27-17(12)18(23)21-19-20-15-6-8-22(11-16(15)28-19)29(24,25)14-5-3-4-13(10-14)26-2/h3-5,7,9-10H,6,8,11H2,1-2H3,(H,20,21,23). The molecule has 3 heterocycles. The highest BCUT2D eigenvalue weighted by molar-refractivity contribution is 7.89. The number of hydrogen-bond donors (Lipinski definition) is 1. The molecule has 1 aliphatic rings. The van der Waals surface area contributed by atoms with Crippen molar-refractivity contribution in [3.05, 3.63) is 56.7 Å². The number of ether oxygens (including phenoxy) is 1. The molecule has 0 unspecified atom stereocenters. The Labute approximate surface area is 177 Å². The summed E-state index contributed by atoms with van der Waals surface area (Å²) in [7, 11) is -2.14. The SMILES string of the molecule is COc1cccc(S(=O)(=O)N2CCc3nc(NC(=O)c4sccc4C)sc3C2)c1. The first-order valence-electron chi connectivity index (χ1n) is 8.86. The van der Waals surface area contributed by atoms with E-state index in [2.05, 4.69) is 10.3 Å². The van der Waals surface area contributed by atoms with Gasteiger partial charge in [-0.3, -0.25) is 10.1 Å². The molecular weight excluding hydrogens is 430 g/mol. The number of benzene rings is 1. The minimum absolute atomic E-state index is 0.190. The highest BCUT2D eigenvalue weighted by atomic mass is 32.2. The third kappa shape index (κ3) is 3.93. The average Bonchev–Trinajstić information content (AvgIpc) is 3.32. The highest BCUT2D eigenvalue weighted by Gasteiger charge is 2.31. The summed E-state index contributed by atoms with van der Waals surface area (Å²) >= 11 is 2.70. The molecule has 0 spiro atoms. The number of hydrogen-bond acceptors (Lipinski definition) is 7. The van der Waals surface area contributed by atoms with Crippen LogP contribution in [0.4, 0.5) is 5.13 Å². The molecule has 0 fully saturated rings. The van der Waals surface area contributed by atoms with Crippen molar-refractivity contribution in [1.82, 2.24) is 9.29 Å². The zero-order valence-corrected chi connectivity index (χ0v) is 18.3. The van der Waals surface area contributed by atoms with Crippen LogP contribution in [0, 0.1) is 6.92 Å². The minimum atomic E-state index is -3.65. The van der Waals surface area contributed by atoms with Crippen molar-refractivity contribution in [2.24, 2.45) is 0 Å². The van der Waals surface area contributed by atoms with Crippen LogP contribution in [-0.2, 0) is 23.0 Å². The van der Waals surface area contributed by atoms with E-state index in [0.717, 1.165) is 16.1 Å². The number of nitrogens with zero attached hydrogens (tertiary/aromatic N) is 2. The van der Waals surface area contributed by atoms with E-state index in [0.29, 0.717) is 28.7 Å². The number of methoxy groups -OCH3 is 1. The predicted octanol–water partition coefficient (Wildman–Crippen LogP) is 3.52. The summed E-state index contributed by atoms with van der Waals surface area (Å²) in [6.45, 7) is 2.47. The number of carbonyl (C=O) groups is 1. The van der Waals surface area contributed by atoms with Gasteiger partial charge in [0.15, 0.2) is 5.13 Å². The fraction of sp³-hybridized carbons (Fsp3) is 0.263. The van der Waals surface area contributed by atoms with E-state index in [1.807, 2.05) is 18.4 Å². The molecule has 1 aliphatic heterocycles. The Morgan fingerprint density at radius 2 is 2.14 bits per heavy atom. The second-order valence-corrected chi connectivity index (χ2v) is 10.5. The fourth-order valence-corrected chi connectivity index (χ4v) is 6.47. The van der Waals surface area contributed by atoms with Crippen molar-refractivity contribution in [2.75, 3.05) is 19.0 Å². The van der Waals surface area contributed by atoms with Gasteiger partial charge in [0.25, 0.3) is 5.91 Å². The third-order valence-corrected chi connectivity index (χ3v) is 8.52. The van der Waals surface area contributed by atoms with Crippen LogP contribution in [-0.4, -0.2) is 37.3 Å². The van der Waals surface area contributed by atoms with Gasteiger partial charge in [0, 0.05) is 23.9 Å². The summed E-state index contributed by atoms with van der Waals surface area (Å²) in [5.41, 5.74) is 1.76. The van der Waals surface area contributed by atoms with Crippen LogP contribution in [0.15, 0.2) is 40.6 Å². The number of sulfonamides is 1. The molecular formula is C19H19N3O4S3. The number of thiazole rings is 1. The van der Waals surface area contributed by atoms with Gasteiger partial charge in [-0.1, -0.05) is 6.07 Å². The molecule has 0 saturated carbocycles. The van der Waals surface area contributed by atoms with Gasteiger partial charge in [-0.2, -0.15) is 4.31 Å². The molecule has 0 saturated heterocycles. The summed E-state index contributed by atoms with van der Waals surface area (Å²) in [5, 5.41) is 5.20. The van der Waals surface area contributed by atoms with Crippen molar-refractivity contribution in [1.29, 1.82) is 0 Å². The molecule has 1 N–H and O–H groups in total. The number of carbonyl (C=O) groups excluding carboxylic acids is 1. The topological polar surface area (TPSA) is 88.6 Å². The van der Waals surface area contributed by atoms with Crippen molar-refractivity contribution < 1.29 is 17.9 Å². The summed E-state index contributed by atoms with van der Waals surface area (Å²) in [5.74, 6) is 0.305. The lowest BCUT2D eigenvalue weighted by atomic mass is 10.2. The van der Waals surface area contributed by atoms with E-state index >= 15 is 0 Å². The highest BCUT2D eigenvalue weighted by Crippen LogP contribution is 2.32. The number of nitrogens with one attached hydrogen (secondary N) is 1. The normalized spacial score (nSPS) is 14.4. The van der Waals surface area contributed by atoms with Gasteiger partial charge in [0.05, 0.1) is 29.1 Å². The van der Waals surface area contributed by atoms with E-state index in [-0.39, 0.29) is 17.3 Å². The molecule has 4 rings (SSSR count). The van der Waals surface area contributed by atoms with Crippen LogP contribution in [0.25, 0.3) is 0 Å². The molecule has 1 amide bonds. The maximum Gasteiger partial charge on any atom is 0.267 e. The minimum Gasteiger partial charge on any atom is -0.497 e. The van der Waals surface area contributed by atoms with Gasteiger partial charge in [-0.05, 0) is 36.1 Å². The number of anilines is 1. The van der Waals surface area contributed by atoms with Gasteiger partial charge < -0.3 is 4.74 Å². The molecule has 3 aromatic rings. The number of thiophene rings is 1. The van der Waals surface area contributed by atoms with Crippen molar-refractivity contribution in [2.45, 2.75) is 24.8 Å². The smallest absolute Gasteiger partial charge is 0.267 e. The summed E-state index contributed by atoms with van der Waals surface area (Å²) in [4.78, 5) is 18.6. The molecule has 10 heteroatoms.